The molecule has 0 saturated carbocycles. The van der Waals surface area contributed by atoms with Gasteiger partial charge in [0.05, 0.1) is 5.56 Å². The Labute approximate surface area is 111 Å². The molecule has 1 saturated heterocycles. The van der Waals surface area contributed by atoms with Crippen LogP contribution in [0.5, 0.6) is 0 Å². The van der Waals surface area contributed by atoms with E-state index in [0.717, 1.165) is 26.2 Å². The zero-order valence-electron chi connectivity index (χ0n) is 10.2. The number of hydrogen-bond acceptors (Lipinski definition) is 4. The summed E-state index contributed by atoms with van der Waals surface area (Å²) >= 11 is 4.11. The summed E-state index contributed by atoms with van der Waals surface area (Å²) in [7, 11) is 2.03. The SMILES string of the molecule is CN1CCN(NC(=O)c2cc(S)ccc2F)CC1. The van der Waals surface area contributed by atoms with Crippen molar-refractivity contribution in [3.63, 3.8) is 0 Å². The van der Waals surface area contributed by atoms with E-state index in [-0.39, 0.29) is 5.56 Å². The molecule has 0 radical (unpaired) electrons. The number of piperazine rings is 1. The van der Waals surface area contributed by atoms with Crippen LogP contribution >= 0.6 is 12.6 Å². The molecule has 1 aliphatic rings. The van der Waals surface area contributed by atoms with E-state index in [9.17, 15) is 9.18 Å². The summed E-state index contributed by atoms with van der Waals surface area (Å²) in [5.74, 6) is -0.951. The molecule has 1 aliphatic heterocycles. The average Bonchev–Trinajstić information content (AvgIpc) is 2.35. The summed E-state index contributed by atoms with van der Waals surface area (Å²) < 4.78 is 13.5. The first-order valence-electron chi connectivity index (χ1n) is 5.79. The van der Waals surface area contributed by atoms with E-state index in [4.69, 9.17) is 0 Å². The Morgan fingerprint density at radius 2 is 2.00 bits per heavy atom. The highest BCUT2D eigenvalue weighted by molar-refractivity contribution is 7.80. The van der Waals surface area contributed by atoms with E-state index in [1.165, 1.54) is 18.2 Å². The van der Waals surface area contributed by atoms with Gasteiger partial charge in [-0.3, -0.25) is 10.2 Å². The van der Waals surface area contributed by atoms with Gasteiger partial charge in [0.25, 0.3) is 5.91 Å². The summed E-state index contributed by atoms with van der Waals surface area (Å²) in [4.78, 5) is 14.7. The summed E-state index contributed by atoms with van der Waals surface area (Å²) in [6, 6.07) is 4.20. The Morgan fingerprint density at radius 1 is 1.33 bits per heavy atom. The number of amides is 1. The molecular weight excluding hydrogens is 253 g/mol. The predicted octanol–water partition coefficient (Wildman–Crippen LogP) is 1.01. The van der Waals surface area contributed by atoms with Gasteiger partial charge in [-0.1, -0.05) is 0 Å². The van der Waals surface area contributed by atoms with Crippen LogP contribution in [0.25, 0.3) is 0 Å². The maximum absolute atomic E-state index is 13.5. The topological polar surface area (TPSA) is 35.6 Å². The van der Waals surface area contributed by atoms with Crippen LogP contribution in [-0.4, -0.2) is 49.0 Å². The van der Waals surface area contributed by atoms with Crippen molar-refractivity contribution < 1.29 is 9.18 Å². The molecule has 98 valence electrons. The molecule has 0 atom stereocenters. The van der Waals surface area contributed by atoms with Gasteiger partial charge in [0.2, 0.25) is 0 Å². The van der Waals surface area contributed by atoms with Crippen LogP contribution in [0, 0.1) is 5.82 Å². The number of hydrogen-bond donors (Lipinski definition) is 2. The Balaban J connectivity index is 2.01. The van der Waals surface area contributed by atoms with Crippen molar-refractivity contribution in [2.75, 3.05) is 33.2 Å². The Hall–Kier alpha value is -1.11. The number of nitrogens with one attached hydrogen (secondary N) is 1. The Morgan fingerprint density at radius 3 is 2.67 bits per heavy atom. The van der Waals surface area contributed by atoms with Gasteiger partial charge >= 0.3 is 0 Å². The molecule has 0 spiro atoms. The number of halogens is 1. The summed E-state index contributed by atoms with van der Waals surface area (Å²) in [6.07, 6.45) is 0. The lowest BCUT2D eigenvalue weighted by molar-refractivity contribution is 0.0658. The number of rotatable bonds is 2. The predicted molar refractivity (Wildman–Crippen MR) is 70.2 cm³/mol. The van der Waals surface area contributed by atoms with Crippen LogP contribution in [0.2, 0.25) is 0 Å². The number of hydrazine groups is 1. The van der Waals surface area contributed by atoms with Gasteiger partial charge in [0.15, 0.2) is 0 Å². The van der Waals surface area contributed by atoms with Crippen molar-refractivity contribution in [1.82, 2.24) is 15.3 Å². The van der Waals surface area contributed by atoms with Crippen LogP contribution in [0.3, 0.4) is 0 Å². The largest absolute Gasteiger partial charge is 0.304 e. The molecule has 0 bridgehead atoms. The smallest absolute Gasteiger partial charge is 0.268 e. The maximum atomic E-state index is 13.5. The van der Waals surface area contributed by atoms with E-state index in [2.05, 4.69) is 23.0 Å². The number of nitrogens with zero attached hydrogens (tertiary/aromatic N) is 2. The molecule has 1 aromatic rings. The number of benzene rings is 1. The molecule has 1 fully saturated rings. The molecule has 0 unspecified atom stereocenters. The van der Waals surface area contributed by atoms with Gasteiger partial charge in [-0.05, 0) is 25.2 Å². The first kappa shape index (κ1) is 13.3. The summed E-state index contributed by atoms with van der Waals surface area (Å²) in [5, 5.41) is 1.81. The van der Waals surface area contributed by atoms with Crippen molar-refractivity contribution in [2.45, 2.75) is 4.90 Å². The van der Waals surface area contributed by atoms with E-state index in [0.29, 0.717) is 4.90 Å². The Bertz CT molecular complexity index is 447. The standard InChI is InChI=1S/C12H16FN3OS/c1-15-4-6-16(7-5-15)14-12(17)10-8-9(18)2-3-11(10)13/h2-3,8,18H,4-7H2,1H3,(H,14,17). The first-order chi connectivity index (χ1) is 8.56. The van der Waals surface area contributed by atoms with Crippen molar-refractivity contribution >= 4 is 18.5 Å². The number of likely N-dealkylation sites (N-methyl/N-ethyl adjacent to an activating group) is 1. The van der Waals surface area contributed by atoms with Gasteiger partial charge in [-0.2, -0.15) is 0 Å². The van der Waals surface area contributed by atoms with Gasteiger partial charge in [0.1, 0.15) is 5.82 Å². The minimum absolute atomic E-state index is 0.0291. The fourth-order valence-electron chi connectivity index (χ4n) is 1.81. The third-order valence-electron chi connectivity index (χ3n) is 2.96. The van der Waals surface area contributed by atoms with Gasteiger partial charge < -0.3 is 4.90 Å². The molecule has 18 heavy (non-hydrogen) atoms. The highest BCUT2D eigenvalue weighted by Crippen LogP contribution is 2.13. The maximum Gasteiger partial charge on any atom is 0.268 e. The lowest BCUT2D eigenvalue weighted by atomic mass is 10.2. The van der Waals surface area contributed by atoms with Crippen LogP contribution in [-0.2, 0) is 0 Å². The second-order valence-electron chi connectivity index (χ2n) is 4.40. The summed E-state index contributed by atoms with van der Waals surface area (Å²) in [6.45, 7) is 3.25. The monoisotopic (exact) mass is 269 g/mol. The number of thiol groups is 1. The normalized spacial score (nSPS) is 17.7. The molecule has 1 aromatic carbocycles. The third-order valence-corrected chi connectivity index (χ3v) is 3.24. The lowest BCUT2D eigenvalue weighted by Crippen LogP contribution is -2.52. The van der Waals surface area contributed by atoms with E-state index in [1.54, 1.807) is 0 Å². The minimum Gasteiger partial charge on any atom is -0.304 e. The van der Waals surface area contributed by atoms with E-state index in [1.807, 2.05) is 12.1 Å². The van der Waals surface area contributed by atoms with Crippen LogP contribution in [0.1, 0.15) is 10.4 Å². The summed E-state index contributed by atoms with van der Waals surface area (Å²) in [5.41, 5.74) is 2.75. The molecule has 6 heteroatoms. The van der Waals surface area contributed by atoms with E-state index >= 15 is 0 Å². The minimum atomic E-state index is -0.528. The lowest BCUT2D eigenvalue weighted by Gasteiger charge is -2.32. The van der Waals surface area contributed by atoms with Crippen molar-refractivity contribution in [3.8, 4) is 0 Å². The Kier molecular flexibility index (Phi) is 4.21. The highest BCUT2D eigenvalue weighted by Gasteiger charge is 2.18. The molecular formula is C12H16FN3OS. The van der Waals surface area contributed by atoms with Crippen molar-refractivity contribution in [3.05, 3.63) is 29.6 Å². The molecule has 1 heterocycles. The van der Waals surface area contributed by atoms with Crippen molar-refractivity contribution in [2.24, 2.45) is 0 Å². The molecule has 4 nitrogen and oxygen atoms in total. The fourth-order valence-corrected chi connectivity index (χ4v) is 2.01. The number of carbonyl (C=O) groups excluding carboxylic acids is 1. The van der Waals surface area contributed by atoms with Gasteiger partial charge in [0, 0.05) is 31.1 Å². The first-order valence-corrected chi connectivity index (χ1v) is 6.24. The molecule has 1 N–H and O–H groups in total. The van der Waals surface area contributed by atoms with Crippen molar-refractivity contribution in [1.29, 1.82) is 0 Å². The van der Waals surface area contributed by atoms with Gasteiger partial charge in [-0.15, -0.1) is 12.6 Å². The molecule has 1 amide bonds. The van der Waals surface area contributed by atoms with Crippen LogP contribution in [0.4, 0.5) is 4.39 Å². The second kappa shape index (κ2) is 5.69. The number of carbonyl (C=O) groups is 1. The second-order valence-corrected chi connectivity index (χ2v) is 4.91. The van der Waals surface area contributed by atoms with Crippen LogP contribution < -0.4 is 5.43 Å². The molecule has 2 rings (SSSR count). The van der Waals surface area contributed by atoms with Gasteiger partial charge in [-0.25, -0.2) is 9.40 Å². The molecule has 0 aromatic heterocycles. The average molecular weight is 269 g/mol. The van der Waals surface area contributed by atoms with E-state index < -0.39 is 11.7 Å². The zero-order valence-corrected chi connectivity index (χ0v) is 11.1. The zero-order chi connectivity index (χ0) is 13.1. The fraction of sp³-hybridized carbons (Fsp3) is 0.417. The quantitative estimate of drug-likeness (QED) is 0.787. The highest BCUT2D eigenvalue weighted by atomic mass is 32.1. The third kappa shape index (κ3) is 3.22. The van der Waals surface area contributed by atoms with Crippen LogP contribution in [0.15, 0.2) is 23.1 Å². The molecule has 0 aliphatic carbocycles.